The number of sulfonamides is 1. The molecule has 2 aromatic rings. The monoisotopic (exact) mass is 397 g/mol. The summed E-state index contributed by atoms with van der Waals surface area (Å²) in [5, 5.41) is 0.272. The maximum Gasteiger partial charge on any atom is 0.267 e. The van der Waals surface area contributed by atoms with Gasteiger partial charge < -0.3 is 0 Å². The van der Waals surface area contributed by atoms with Crippen molar-refractivity contribution in [2.75, 3.05) is 13.3 Å². The summed E-state index contributed by atoms with van der Waals surface area (Å²) >= 11 is 6.23. The van der Waals surface area contributed by atoms with Crippen LogP contribution in [0.5, 0.6) is 0 Å². The third-order valence-electron chi connectivity index (χ3n) is 4.09. The van der Waals surface area contributed by atoms with E-state index in [4.69, 9.17) is 11.6 Å². The van der Waals surface area contributed by atoms with Gasteiger partial charge in [0.1, 0.15) is 5.82 Å². The van der Waals surface area contributed by atoms with Gasteiger partial charge in [0, 0.05) is 28.8 Å². The van der Waals surface area contributed by atoms with Crippen molar-refractivity contribution in [1.82, 2.24) is 4.31 Å². The molecule has 0 unspecified atom stereocenters. The van der Waals surface area contributed by atoms with E-state index >= 15 is 4.39 Å². The summed E-state index contributed by atoms with van der Waals surface area (Å²) in [4.78, 5) is 12.4. The molecule has 0 saturated heterocycles. The van der Waals surface area contributed by atoms with Crippen LogP contribution in [0.15, 0.2) is 36.4 Å². The lowest BCUT2D eigenvalue weighted by Crippen LogP contribution is -2.32. The lowest BCUT2D eigenvalue weighted by molar-refractivity contribution is 0.0884. The van der Waals surface area contributed by atoms with E-state index in [0.717, 1.165) is 6.26 Å². The van der Waals surface area contributed by atoms with E-state index in [9.17, 15) is 13.2 Å². The summed E-state index contributed by atoms with van der Waals surface area (Å²) in [6.45, 7) is 5.70. The molecule has 0 saturated carbocycles. The third kappa shape index (κ3) is 4.07. The van der Waals surface area contributed by atoms with Crippen LogP contribution in [0.25, 0.3) is 11.1 Å². The highest BCUT2D eigenvalue weighted by Crippen LogP contribution is 2.35. The van der Waals surface area contributed by atoms with E-state index in [0.29, 0.717) is 15.4 Å². The van der Waals surface area contributed by atoms with Crippen molar-refractivity contribution in [3.63, 3.8) is 0 Å². The summed E-state index contributed by atoms with van der Waals surface area (Å²) in [6, 6.07) is 9.31. The first-order valence-corrected chi connectivity index (χ1v) is 10.1. The minimum Gasteiger partial charge on any atom is -0.268 e. The molecule has 0 N–H and O–H groups in total. The predicted molar refractivity (Wildman–Crippen MR) is 102 cm³/mol. The van der Waals surface area contributed by atoms with Gasteiger partial charge in [0.2, 0.25) is 10.0 Å². The summed E-state index contributed by atoms with van der Waals surface area (Å²) in [5.74, 6) is -1.12. The van der Waals surface area contributed by atoms with Crippen LogP contribution in [0, 0.1) is 5.82 Å². The van der Waals surface area contributed by atoms with Crippen LogP contribution in [0.1, 0.15) is 36.7 Å². The van der Waals surface area contributed by atoms with E-state index in [1.807, 2.05) is 20.8 Å². The number of benzene rings is 2. The Hall–Kier alpha value is -1.92. The molecule has 140 valence electrons. The second-order valence-corrected chi connectivity index (χ2v) is 9.57. The highest BCUT2D eigenvalue weighted by molar-refractivity contribution is 7.88. The lowest BCUT2D eigenvalue weighted by atomic mass is 9.84. The Morgan fingerprint density at radius 3 is 2.27 bits per heavy atom. The van der Waals surface area contributed by atoms with E-state index < -0.39 is 27.2 Å². The topological polar surface area (TPSA) is 54.5 Å². The van der Waals surface area contributed by atoms with Gasteiger partial charge in [-0.25, -0.2) is 17.1 Å². The number of carbonyl (C=O) groups is 1. The van der Waals surface area contributed by atoms with Crippen molar-refractivity contribution in [3.8, 4) is 11.1 Å². The first kappa shape index (κ1) is 20.4. The second kappa shape index (κ2) is 7.00. The van der Waals surface area contributed by atoms with Gasteiger partial charge in [0.15, 0.2) is 0 Å². The van der Waals surface area contributed by atoms with Crippen molar-refractivity contribution >= 4 is 27.5 Å². The number of hydrogen-bond donors (Lipinski definition) is 0. The summed E-state index contributed by atoms with van der Waals surface area (Å²) in [7, 11) is -2.52. The van der Waals surface area contributed by atoms with Crippen molar-refractivity contribution in [1.29, 1.82) is 0 Å². The van der Waals surface area contributed by atoms with E-state index in [2.05, 4.69) is 0 Å². The zero-order valence-corrected chi connectivity index (χ0v) is 16.9. The molecule has 7 heteroatoms. The smallest absolute Gasteiger partial charge is 0.267 e. The van der Waals surface area contributed by atoms with Gasteiger partial charge in [-0.3, -0.25) is 4.79 Å². The highest BCUT2D eigenvalue weighted by Gasteiger charge is 2.24. The Kier molecular flexibility index (Phi) is 5.49. The third-order valence-corrected chi connectivity index (χ3v) is 5.58. The molecule has 0 fully saturated rings. The molecule has 4 nitrogen and oxygen atoms in total. The molecular formula is C19H21ClFNO3S. The molecule has 26 heavy (non-hydrogen) atoms. The molecular weight excluding hydrogens is 377 g/mol. The Morgan fingerprint density at radius 2 is 1.73 bits per heavy atom. The molecule has 0 aliphatic carbocycles. The van der Waals surface area contributed by atoms with Crippen molar-refractivity contribution in [2.45, 2.75) is 26.2 Å². The SMILES string of the molecule is CN(C(=O)c1ccc(Cl)c(-c2cccc(C(C)(C)C)c2F)c1)S(C)(=O)=O. The Balaban J connectivity index is 2.62. The molecule has 0 aliphatic heterocycles. The van der Waals surface area contributed by atoms with Crippen molar-refractivity contribution in [3.05, 3.63) is 58.4 Å². The van der Waals surface area contributed by atoms with Gasteiger partial charge in [-0.1, -0.05) is 50.6 Å². The van der Waals surface area contributed by atoms with Gasteiger partial charge in [-0.2, -0.15) is 0 Å². The van der Waals surface area contributed by atoms with Crippen LogP contribution in [0.3, 0.4) is 0 Å². The molecule has 2 aromatic carbocycles. The van der Waals surface area contributed by atoms with Crippen LogP contribution in [0.2, 0.25) is 5.02 Å². The minimum absolute atomic E-state index is 0.109. The molecule has 0 radical (unpaired) electrons. The fourth-order valence-electron chi connectivity index (χ4n) is 2.52. The zero-order valence-electron chi connectivity index (χ0n) is 15.3. The van der Waals surface area contributed by atoms with Gasteiger partial charge >= 0.3 is 0 Å². The molecule has 2 rings (SSSR count). The number of nitrogens with zero attached hydrogens (tertiary/aromatic N) is 1. The maximum atomic E-state index is 15.1. The summed E-state index contributed by atoms with van der Waals surface area (Å²) in [6.07, 6.45) is 0.939. The molecule has 0 spiro atoms. The number of rotatable bonds is 3. The van der Waals surface area contributed by atoms with E-state index in [-0.39, 0.29) is 16.1 Å². The van der Waals surface area contributed by atoms with Gasteiger partial charge in [0.25, 0.3) is 5.91 Å². The van der Waals surface area contributed by atoms with Crippen molar-refractivity contribution in [2.24, 2.45) is 0 Å². The maximum absolute atomic E-state index is 15.1. The Morgan fingerprint density at radius 1 is 1.12 bits per heavy atom. The van der Waals surface area contributed by atoms with E-state index in [1.54, 1.807) is 18.2 Å². The summed E-state index contributed by atoms with van der Waals surface area (Å²) in [5.41, 5.74) is 0.826. The van der Waals surface area contributed by atoms with Crippen LogP contribution in [0.4, 0.5) is 4.39 Å². The summed E-state index contributed by atoms with van der Waals surface area (Å²) < 4.78 is 38.9. The molecule has 0 bridgehead atoms. The predicted octanol–water partition coefficient (Wildman–Crippen LogP) is 4.48. The normalized spacial score (nSPS) is 12.1. The van der Waals surface area contributed by atoms with Gasteiger partial charge in [-0.05, 0) is 29.2 Å². The van der Waals surface area contributed by atoms with Crippen LogP contribution < -0.4 is 0 Å². The number of halogens is 2. The number of hydrogen-bond acceptors (Lipinski definition) is 3. The number of carbonyl (C=O) groups excluding carboxylic acids is 1. The highest BCUT2D eigenvalue weighted by atomic mass is 35.5. The van der Waals surface area contributed by atoms with Crippen LogP contribution in [-0.4, -0.2) is 31.9 Å². The first-order valence-electron chi connectivity index (χ1n) is 7.91. The number of amides is 1. The van der Waals surface area contributed by atoms with Gasteiger partial charge in [-0.15, -0.1) is 0 Å². The minimum atomic E-state index is -3.70. The van der Waals surface area contributed by atoms with Crippen molar-refractivity contribution < 1.29 is 17.6 Å². The average molecular weight is 398 g/mol. The fourth-order valence-corrected chi connectivity index (χ4v) is 3.14. The fraction of sp³-hybridized carbons (Fsp3) is 0.316. The largest absolute Gasteiger partial charge is 0.268 e. The first-order chi connectivity index (χ1) is 11.8. The average Bonchev–Trinajstić information content (AvgIpc) is 2.52. The molecule has 0 atom stereocenters. The van der Waals surface area contributed by atoms with Crippen LogP contribution in [-0.2, 0) is 15.4 Å². The van der Waals surface area contributed by atoms with E-state index in [1.165, 1.54) is 25.2 Å². The zero-order chi connectivity index (χ0) is 19.9. The standard InChI is InChI=1S/C19H21ClFNO3S/c1-19(2,3)15-8-6-7-13(17(15)21)14-11-12(9-10-16(14)20)18(23)22(4)26(5,24)25/h6-11H,1-5H3. The molecule has 0 heterocycles. The molecule has 1 amide bonds. The molecule has 0 aromatic heterocycles. The Labute approximate surface area is 158 Å². The van der Waals surface area contributed by atoms with Gasteiger partial charge in [0.05, 0.1) is 6.26 Å². The lowest BCUT2D eigenvalue weighted by Gasteiger charge is -2.21. The quantitative estimate of drug-likeness (QED) is 0.767. The second-order valence-electron chi connectivity index (χ2n) is 7.15. The molecule has 0 aliphatic rings. The van der Waals surface area contributed by atoms with Crippen LogP contribution >= 0.6 is 11.6 Å². The Bertz CT molecular complexity index is 965.